The predicted octanol–water partition coefficient (Wildman–Crippen LogP) is 3.07. The Balaban J connectivity index is 1.92. The Morgan fingerprint density at radius 3 is 2.95 bits per heavy atom. The maximum absolute atomic E-state index is 13.2. The molecule has 4 nitrogen and oxygen atoms in total. The van der Waals surface area contributed by atoms with Crippen LogP contribution in [-0.2, 0) is 17.8 Å². The fraction of sp³-hybridized carbons (Fsp3) is 0.333. The summed E-state index contributed by atoms with van der Waals surface area (Å²) in [5, 5.41) is 8.71. The van der Waals surface area contributed by atoms with Crippen LogP contribution >= 0.6 is 22.9 Å². The number of amides is 1. The summed E-state index contributed by atoms with van der Waals surface area (Å²) in [6.07, 6.45) is 0.296. The van der Waals surface area contributed by atoms with Crippen molar-refractivity contribution in [1.82, 2.24) is 15.6 Å². The number of halogens is 2. The van der Waals surface area contributed by atoms with Gasteiger partial charge in [0.15, 0.2) is 0 Å². The molecule has 0 aliphatic carbocycles. The van der Waals surface area contributed by atoms with Crippen molar-refractivity contribution >= 4 is 28.8 Å². The second-order valence-corrected chi connectivity index (χ2v) is 6.21. The SMILES string of the molecule is CNC(=O)Cc1nc(CN[C@H](C)c2ccc(F)c(Cl)c2)cs1. The van der Waals surface area contributed by atoms with Crippen molar-refractivity contribution in [1.29, 1.82) is 0 Å². The summed E-state index contributed by atoms with van der Waals surface area (Å²) in [4.78, 5) is 15.7. The third-order valence-corrected chi connectivity index (χ3v) is 4.41. The summed E-state index contributed by atoms with van der Waals surface area (Å²) < 4.78 is 13.2. The van der Waals surface area contributed by atoms with E-state index in [1.54, 1.807) is 19.2 Å². The number of benzene rings is 1. The number of nitrogens with one attached hydrogen (secondary N) is 2. The maximum atomic E-state index is 13.2. The quantitative estimate of drug-likeness (QED) is 0.849. The highest BCUT2D eigenvalue weighted by molar-refractivity contribution is 7.09. The molecule has 1 amide bonds. The number of rotatable bonds is 6. The van der Waals surface area contributed by atoms with Crippen LogP contribution < -0.4 is 10.6 Å². The van der Waals surface area contributed by atoms with Crippen molar-refractivity contribution in [3.63, 3.8) is 0 Å². The topological polar surface area (TPSA) is 54.0 Å². The van der Waals surface area contributed by atoms with E-state index in [4.69, 9.17) is 11.6 Å². The maximum Gasteiger partial charge on any atom is 0.226 e. The van der Waals surface area contributed by atoms with Crippen molar-refractivity contribution < 1.29 is 9.18 Å². The van der Waals surface area contributed by atoms with Gasteiger partial charge in [0.2, 0.25) is 5.91 Å². The smallest absolute Gasteiger partial charge is 0.226 e. The molecule has 1 atom stereocenters. The fourth-order valence-electron chi connectivity index (χ4n) is 1.89. The number of aromatic nitrogens is 1. The zero-order valence-corrected chi connectivity index (χ0v) is 13.9. The molecule has 0 bridgehead atoms. The molecule has 1 aromatic carbocycles. The molecule has 0 radical (unpaired) electrons. The molecular weight excluding hydrogens is 325 g/mol. The number of nitrogens with zero attached hydrogens (tertiary/aromatic N) is 1. The molecule has 0 unspecified atom stereocenters. The molecule has 0 aliphatic heterocycles. The molecule has 118 valence electrons. The first-order valence-corrected chi connectivity index (χ1v) is 8.07. The molecule has 1 aromatic heterocycles. The van der Waals surface area contributed by atoms with Gasteiger partial charge in [0, 0.05) is 25.0 Å². The van der Waals surface area contributed by atoms with Crippen LogP contribution in [0.2, 0.25) is 5.02 Å². The van der Waals surface area contributed by atoms with E-state index in [0.717, 1.165) is 16.3 Å². The minimum Gasteiger partial charge on any atom is -0.359 e. The Kier molecular flexibility index (Phi) is 5.88. The molecule has 7 heteroatoms. The minimum absolute atomic E-state index is 0.0159. The molecule has 1 heterocycles. The van der Waals surface area contributed by atoms with E-state index in [0.29, 0.717) is 13.0 Å². The second-order valence-electron chi connectivity index (χ2n) is 4.86. The molecule has 2 rings (SSSR count). The monoisotopic (exact) mass is 341 g/mol. The molecular formula is C15H17ClFN3OS. The van der Waals surface area contributed by atoms with Crippen LogP contribution in [0.1, 0.15) is 29.2 Å². The number of thiazole rings is 1. The summed E-state index contributed by atoms with van der Waals surface area (Å²) in [5.41, 5.74) is 1.79. The van der Waals surface area contributed by atoms with Crippen LogP contribution in [-0.4, -0.2) is 17.9 Å². The van der Waals surface area contributed by atoms with Gasteiger partial charge in [0.1, 0.15) is 10.8 Å². The molecule has 0 saturated carbocycles. The lowest BCUT2D eigenvalue weighted by molar-refractivity contribution is -0.119. The van der Waals surface area contributed by atoms with Crippen molar-refractivity contribution in [2.75, 3.05) is 7.05 Å². The van der Waals surface area contributed by atoms with Gasteiger partial charge in [-0.25, -0.2) is 9.37 Å². The standard InChI is InChI=1S/C15H17ClFN3OS/c1-9(10-3-4-13(17)12(16)5-10)19-7-11-8-22-15(20-11)6-14(21)18-2/h3-5,8-9,19H,6-7H2,1-2H3,(H,18,21)/t9-/m1/s1. The number of carbonyl (C=O) groups excluding carboxylic acids is 1. The van der Waals surface area contributed by atoms with Crippen LogP contribution in [0, 0.1) is 5.82 Å². The van der Waals surface area contributed by atoms with Gasteiger partial charge in [-0.2, -0.15) is 0 Å². The van der Waals surface area contributed by atoms with Gasteiger partial charge in [-0.05, 0) is 24.6 Å². The first-order valence-electron chi connectivity index (χ1n) is 6.81. The van der Waals surface area contributed by atoms with Crippen molar-refractivity contribution in [2.24, 2.45) is 0 Å². The van der Waals surface area contributed by atoms with Crippen LogP contribution in [0.15, 0.2) is 23.6 Å². The Labute approximate surface area is 137 Å². The van der Waals surface area contributed by atoms with E-state index in [2.05, 4.69) is 15.6 Å². The number of carbonyl (C=O) groups is 1. The number of likely N-dealkylation sites (N-methyl/N-ethyl adjacent to an activating group) is 1. The van der Waals surface area contributed by atoms with Crippen LogP contribution in [0.25, 0.3) is 0 Å². The summed E-state index contributed by atoms with van der Waals surface area (Å²) in [5.74, 6) is -0.473. The lowest BCUT2D eigenvalue weighted by Crippen LogP contribution is -2.20. The van der Waals surface area contributed by atoms with Gasteiger partial charge in [-0.3, -0.25) is 4.79 Å². The Morgan fingerprint density at radius 2 is 2.27 bits per heavy atom. The number of hydrogen-bond donors (Lipinski definition) is 2. The molecule has 0 fully saturated rings. The predicted molar refractivity (Wildman–Crippen MR) is 86.5 cm³/mol. The Hall–Kier alpha value is -1.50. The highest BCUT2D eigenvalue weighted by Gasteiger charge is 2.10. The highest BCUT2D eigenvalue weighted by atomic mass is 35.5. The van der Waals surface area contributed by atoms with Crippen LogP contribution in [0.5, 0.6) is 0 Å². The fourth-order valence-corrected chi connectivity index (χ4v) is 2.88. The van der Waals surface area contributed by atoms with Crippen molar-refractivity contribution in [3.05, 3.63) is 50.7 Å². The summed E-state index contributed by atoms with van der Waals surface area (Å²) >= 11 is 7.25. The van der Waals surface area contributed by atoms with Gasteiger partial charge in [-0.1, -0.05) is 17.7 Å². The molecule has 0 aliphatic rings. The molecule has 0 saturated heterocycles. The molecule has 2 aromatic rings. The summed E-state index contributed by atoms with van der Waals surface area (Å²) in [6.45, 7) is 2.54. The first-order chi connectivity index (χ1) is 10.5. The third kappa shape index (κ3) is 4.50. The zero-order chi connectivity index (χ0) is 16.1. The van der Waals surface area contributed by atoms with Gasteiger partial charge < -0.3 is 10.6 Å². The van der Waals surface area contributed by atoms with Gasteiger partial charge in [-0.15, -0.1) is 11.3 Å². The third-order valence-electron chi connectivity index (χ3n) is 3.22. The van der Waals surface area contributed by atoms with Crippen molar-refractivity contribution in [2.45, 2.75) is 25.9 Å². The first kappa shape index (κ1) is 16.9. The van der Waals surface area contributed by atoms with Crippen LogP contribution in [0.4, 0.5) is 4.39 Å². The van der Waals surface area contributed by atoms with E-state index in [-0.39, 0.29) is 17.0 Å². The van der Waals surface area contributed by atoms with E-state index >= 15 is 0 Å². The zero-order valence-electron chi connectivity index (χ0n) is 12.3. The number of hydrogen-bond acceptors (Lipinski definition) is 4. The molecule has 0 spiro atoms. The highest BCUT2D eigenvalue weighted by Crippen LogP contribution is 2.21. The lowest BCUT2D eigenvalue weighted by Gasteiger charge is -2.13. The Morgan fingerprint density at radius 1 is 1.50 bits per heavy atom. The minimum atomic E-state index is -0.420. The van der Waals surface area contributed by atoms with E-state index in [1.807, 2.05) is 12.3 Å². The Bertz CT molecular complexity index is 662. The van der Waals surface area contributed by atoms with Gasteiger partial charge in [0.05, 0.1) is 17.1 Å². The average Bonchev–Trinajstić information content (AvgIpc) is 2.95. The lowest BCUT2D eigenvalue weighted by atomic mass is 10.1. The van der Waals surface area contributed by atoms with Gasteiger partial charge >= 0.3 is 0 Å². The van der Waals surface area contributed by atoms with E-state index in [9.17, 15) is 9.18 Å². The average molecular weight is 342 g/mol. The summed E-state index contributed by atoms with van der Waals surface area (Å²) in [6, 6.07) is 4.70. The van der Waals surface area contributed by atoms with Crippen LogP contribution in [0.3, 0.4) is 0 Å². The van der Waals surface area contributed by atoms with E-state index in [1.165, 1.54) is 17.4 Å². The van der Waals surface area contributed by atoms with E-state index < -0.39 is 5.82 Å². The molecule has 2 N–H and O–H groups in total. The molecule has 22 heavy (non-hydrogen) atoms. The normalized spacial score (nSPS) is 12.2. The van der Waals surface area contributed by atoms with Gasteiger partial charge in [0.25, 0.3) is 0 Å². The van der Waals surface area contributed by atoms with Crippen molar-refractivity contribution in [3.8, 4) is 0 Å². The largest absolute Gasteiger partial charge is 0.359 e. The second kappa shape index (κ2) is 7.67. The summed E-state index contributed by atoms with van der Waals surface area (Å²) in [7, 11) is 1.61.